The Bertz CT molecular complexity index is 1440. The SMILES string of the molecule is COc1cc(-c2ccc(C(C)(C)O)c3nn(C)cc23)cc(F)c1CN1Cc2ncccc2C1=O. The zero-order chi connectivity index (χ0) is 24.2. The molecule has 0 saturated carbocycles. The Morgan fingerprint density at radius 3 is 2.71 bits per heavy atom. The molecule has 3 heterocycles. The van der Waals surface area contributed by atoms with Crippen molar-refractivity contribution in [2.45, 2.75) is 32.5 Å². The van der Waals surface area contributed by atoms with E-state index in [2.05, 4.69) is 10.1 Å². The lowest BCUT2D eigenvalue weighted by Crippen LogP contribution is -2.24. The zero-order valence-electron chi connectivity index (χ0n) is 19.5. The minimum Gasteiger partial charge on any atom is -0.496 e. The van der Waals surface area contributed by atoms with E-state index in [9.17, 15) is 9.90 Å². The summed E-state index contributed by atoms with van der Waals surface area (Å²) in [4.78, 5) is 18.6. The second-order valence-corrected chi connectivity index (χ2v) is 9.08. The molecule has 1 N–H and O–H groups in total. The number of aliphatic hydroxyl groups is 1. The molecule has 0 atom stereocenters. The van der Waals surface area contributed by atoms with Crippen LogP contribution in [-0.2, 0) is 25.7 Å². The van der Waals surface area contributed by atoms with Crippen LogP contribution in [0.5, 0.6) is 5.75 Å². The molecule has 0 fully saturated rings. The fourth-order valence-electron chi connectivity index (χ4n) is 4.57. The van der Waals surface area contributed by atoms with Gasteiger partial charge in [-0.3, -0.25) is 14.5 Å². The van der Waals surface area contributed by atoms with Crippen LogP contribution in [0.25, 0.3) is 22.0 Å². The van der Waals surface area contributed by atoms with Crippen molar-refractivity contribution in [1.82, 2.24) is 19.7 Å². The van der Waals surface area contributed by atoms with Gasteiger partial charge in [0.05, 0.1) is 42.6 Å². The summed E-state index contributed by atoms with van der Waals surface area (Å²) in [5.74, 6) is -0.280. The molecule has 0 saturated heterocycles. The third kappa shape index (κ3) is 3.60. The fourth-order valence-corrected chi connectivity index (χ4v) is 4.57. The Balaban J connectivity index is 1.56. The average molecular weight is 461 g/mol. The predicted molar refractivity (Wildman–Crippen MR) is 126 cm³/mol. The minimum absolute atomic E-state index is 0.0738. The normalized spacial score (nSPS) is 13.6. The van der Waals surface area contributed by atoms with Crippen LogP contribution in [0, 0.1) is 5.82 Å². The number of fused-ring (bicyclic) bond motifs is 2. The number of carbonyl (C=O) groups is 1. The van der Waals surface area contributed by atoms with Crippen molar-refractivity contribution in [3.8, 4) is 16.9 Å². The molecule has 5 rings (SSSR count). The van der Waals surface area contributed by atoms with E-state index in [1.807, 2.05) is 25.4 Å². The fraction of sp³-hybridized carbons (Fsp3) is 0.269. The van der Waals surface area contributed by atoms with E-state index in [0.29, 0.717) is 45.8 Å². The highest BCUT2D eigenvalue weighted by Crippen LogP contribution is 2.38. The number of rotatable bonds is 5. The first-order valence-corrected chi connectivity index (χ1v) is 11.0. The van der Waals surface area contributed by atoms with Gasteiger partial charge < -0.3 is 14.7 Å². The topological polar surface area (TPSA) is 80.5 Å². The molecule has 0 unspecified atom stereocenters. The number of methoxy groups -OCH3 is 1. The van der Waals surface area contributed by atoms with E-state index < -0.39 is 11.4 Å². The van der Waals surface area contributed by atoms with Gasteiger partial charge in [0.1, 0.15) is 11.6 Å². The Labute approximate surface area is 196 Å². The Kier molecular flexibility index (Phi) is 5.13. The zero-order valence-corrected chi connectivity index (χ0v) is 19.5. The van der Waals surface area contributed by atoms with E-state index in [1.54, 1.807) is 47.8 Å². The maximum absolute atomic E-state index is 15.5. The van der Waals surface area contributed by atoms with Crippen LogP contribution in [-0.4, -0.2) is 37.8 Å². The average Bonchev–Trinajstić information content (AvgIpc) is 3.33. The molecule has 0 radical (unpaired) electrons. The molecule has 1 aliphatic rings. The van der Waals surface area contributed by atoms with Crippen molar-refractivity contribution >= 4 is 16.8 Å². The van der Waals surface area contributed by atoms with Gasteiger partial charge in [-0.1, -0.05) is 12.1 Å². The van der Waals surface area contributed by atoms with Crippen LogP contribution >= 0.6 is 0 Å². The van der Waals surface area contributed by atoms with Crippen molar-refractivity contribution in [3.05, 3.63) is 77.0 Å². The Hall–Kier alpha value is -3.78. The Morgan fingerprint density at radius 2 is 2.00 bits per heavy atom. The van der Waals surface area contributed by atoms with Gasteiger partial charge in [0.15, 0.2) is 0 Å². The molecule has 174 valence electrons. The van der Waals surface area contributed by atoms with Crippen LogP contribution in [0.3, 0.4) is 0 Å². The first-order chi connectivity index (χ1) is 16.2. The van der Waals surface area contributed by atoms with Gasteiger partial charge in [0.25, 0.3) is 5.91 Å². The molecule has 8 heteroatoms. The van der Waals surface area contributed by atoms with Gasteiger partial charge in [0, 0.05) is 36.0 Å². The first-order valence-electron chi connectivity index (χ1n) is 11.0. The highest BCUT2D eigenvalue weighted by Gasteiger charge is 2.30. The van der Waals surface area contributed by atoms with Gasteiger partial charge >= 0.3 is 0 Å². The molecule has 1 amide bonds. The summed E-state index contributed by atoms with van der Waals surface area (Å²) in [6, 6.07) is 10.4. The van der Waals surface area contributed by atoms with Crippen molar-refractivity contribution in [2.24, 2.45) is 7.05 Å². The summed E-state index contributed by atoms with van der Waals surface area (Å²) >= 11 is 0. The van der Waals surface area contributed by atoms with Crippen LogP contribution in [0.4, 0.5) is 4.39 Å². The smallest absolute Gasteiger partial charge is 0.256 e. The maximum atomic E-state index is 15.5. The molecule has 2 aromatic carbocycles. The molecule has 34 heavy (non-hydrogen) atoms. The number of carbonyl (C=O) groups excluding carboxylic acids is 1. The van der Waals surface area contributed by atoms with Crippen LogP contribution < -0.4 is 4.74 Å². The lowest BCUT2D eigenvalue weighted by Gasteiger charge is -2.20. The number of ether oxygens (including phenoxy) is 1. The third-order valence-corrected chi connectivity index (χ3v) is 6.23. The summed E-state index contributed by atoms with van der Waals surface area (Å²) < 4.78 is 22.7. The summed E-state index contributed by atoms with van der Waals surface area (Å²) in [5, 5.41) is 15.9. The highest BCUT2D eigenvalue weighted by atomic mass is 19.1. The van der Waals surface area contributed by atoms with Gasteiger partial charge in [-0.05, 0) is 49.2 Å². The number of halogens is 1. The first kappa shape index (κ1) is 22.0. The molecule has 0 bridgehead atoms. The number of aryl methyl sites for hydroxylation is 1. The van der Waals surface area contributed by atoms with Crippen LogP contribution in [0.2, 0.25) is 0 Å². The van der Waals surface area contributed by atoms with Crippen molar-refractivity contribution in [1.29, 1.82) is 0 Å². The molecule has 0 aliphatic carbocycles. The maximum Gasteiger partial charge on any atom is 0.256 e. The number of benzene rings is 2. The largest absolute Gasteiger partial charge is 0.496 e. The lowest BCUT2D eigenvalue weighted by molar-refractivity contribution is 0.0762. The monoisotopic (exact) mass is 460 g/mol. The van der Waals surface area contributed by atoms with Crippen LogP contribution in [0.1, 0.15) is 41.0 Å². The quantitative estimate of drug-likeness (QED) is 0.484. The van der Waals surface area contributed by atoms with Gasteiger partial charge in [-0.25, -0.2) is 4.39 Å². The standard InChI is InChI=1S/C26H25FN4O3/c1-26(2,33)20-8-7-16(18-12-30(3)29-24(18)20)15-10-21(27)19(23(11-15)34-4)13-31-14-22-17(25(31)32)6-5-9-28-22/h5-12,33H,13-14H2,1-4H3. The summed E-state index contributed by atoms with van der Waals surface area (Å²) in [7, 11) is 3.29. The molecule has 2 aromatic heterocycles. The van der Waals surface area contributed by atoms with Gasteiger partial charge in [0.2, 0.25) is 0 Å². The predicted octanol–water partition coefficient (Wildman–Crippen LogP) is 4.17. The third-order valence-electron chi connectivity index (χ3n) is 6.23. The van der Waals surface area contributed by atoms with E-state index >= 15 is 4.39 Å². The molecular weight excluding hydrogens is 435 g/mol. The molecule has 7 nitrogen and oxygen atoms in total. The second-order valence-electron chi connectivity index (χ2n) is 9.08. The molecule has 0 spiro atoms. The summed E-state index contributed by atoms with van der Waals surface area (Å²) in [6.45, 7) is 3.82. The number of pyridine rings is 1. The van der Waals surface area contributed by atoms with E-state index in [0.717, 1.165) is 10.9 Å². The lowest BCUT2D eigenvalue weighted by atomic mass is 9.91. The number of nitrogens with zero attached hydrogens (tertiary/aromatic N) is 4. The minimum atomic E-state index is -1.08. The number of hydrogen-bond acceptors (Lipinski definition) is 5. The van der Waals surface area contributed by atoms with Crippen LogP contribution in [0.15, 0.2) is 48.8 Å². The van der Waals surface area contributed by atoms with Crippen molar-refractivity contribution in [2.75, 3.05) is 7.11 Å². The summed E-state index contributed by atoms with van der Waals surface area (Å²) in [5.41, 5.74) is 3.21. The number of hydrogen-bond donors (Lipinski definition) is 1. The van der Waals surface area contributed by atoms with E-state index in [-0.39, 0.29) is 12.5 Å². The Morgan fingerprint density at radius 1 is 1.21 bits per heavy atom. The van der Waals surface area contributed by atoms with Gasteiger partial charge in [-0.15, -0.1) is 0 Å². The molecular formula is C26H25FN4O3. The number of aromatic nitrogens is 3. The highest BCUT2D eigenvalue weighted by molar-refractivity contribution is 5.98. The summed E-state index contributed by atoms with van der Waals surface area (Å²) in [6.07, 6.45) is 3.50. The van der Waals surface area contributed by atoms with Crippen molar-refractivity contribution in [3.63, 3.8) is 0 Å². The van der Waals surface area contributed by atoms with E-state index in [1.165, 1.54) is 13.2 Å². The molecule has 1 aliphatic heterocycles. The van der Waals surface area contributed by atoms with Crippen molar-refractivity contribution < 1.29 is 19.0 Å². The second kappa shape index (κ2) is 7.92. The van der Waals surface area contributed by atoms with E-state index in [4.69, 9.17) is 4.74 Å². The van der Waals surface area contributed by atoms with Gasteiger partial charge in [-0.2, -0.15) is 5.10 Å². The number of amides is 1. The molecule has 4 aromatic rings.